The molecule has 22 heavy (non-hydrogen) atoms. The summed E-state index contributed by atoms with van der Waals surface area (Å²) in [6.45, 7) is 2.84. The molecule has 3 rings (SSSR count). The fraction of sp³-hybridized carbons (Fsp3) is 0.278. The molecule has 0 aromatic heterocycles. The minimum atomic E-state index is -0.449. The molecular weight excluding hydrogens is 278 g/mol. The third-order valence-electron chi connectivity index (χ3n) is 3.59. The van der Waals surface area contributed by atoms with Gasteiger partial charge in [-0.15, -0.1) is 0 Å². The first kappa shape index (κ1) is 14.4. The number of carbonyl (C=O) groups is 1. The first-order valence-corrected chi connectivity index (χ1v) is 7.57. The van der Waals surface area contributed by atoms with Crippen LogP contribution in [-0.2, 0) is 4.74 Å². The van der Waals surface area contributed by atoms with Crippen LogP contribution in [0.1, 0.15) is 41.9 Å². The molecule has 2 aromatic carbocycles. The summed E-state index contributed by atoms with van der Waals surface area (Å²) < 4.78 is 11.1. The Kier molecular flexibility index (Phi) is 4.28. The molecule has 1 atom stereocenters. The number of cyclic esters (lactones) is 1. The summed E-state index contributed by atoms with van der Waals surface area (Å²) >= 11 is 0. The van der Waals surface area contributed by atoms with Crippen molar-refractivity contribution < 1.29 is 14.3 Å². The molecule has 1 N–H and O–H groups in total. The lowest BCUT2D eigenvalue weighted by Crippen LogP contribution is -2.10. The molecule has 0 radical (unpaired) electrons. The van der Waals surface area contributed by atoms with Crippen molar-refractivity contribution in [1.29, 1.82) is 0 Å². The van der Waals surface area contributed by atoms with Gasteiger partial charge in [0.25, 0.3) is 0 Å². The van der Waals surface area contributed by atoms with E-state index in [1.54, 1.807) is 6.07 Å². The third-order valence-corrected chi connectivity index (χ3v) is 3.59. The van der Waals surface area contributed by atoms with Gasteiger partial charge in [-0.25, -0.2) is 4.79 Å². The highest BCUT2D eigenvalue weighted by atomic mass is 16.6. The number of hydrogen-bond acceptors (Lipinski definition) is 4. The van der Waals surface area contributed by atoms with Crippen LogP contribution in [0.25, 0.3) is 0 Å². The lowest BCUT2D eigenvalue weighted by molar-refractivity contribution is 0.0437. The molecule has 0 fully saturated rings. The van der Waals surface area contributed by atoms with Gasteiger partial charge in [0.1, 0.15) is 5.75 Å². The Hall–Kier alpha value is -2.49. The molecule has 1 heterocycles. The SMILES string of the molecule is CCCCOc1cccc(N[C@H]2OC(=O)c3ccccc32)c1. The molecule has 0 saturated heterocycles. The average Bonchev–Trinajstić information content (AvgIpc) is 2.85. The Labute approximate surface area is 130 Å². The molecule has 0 aliphatic carbocycles. The Morgan fingerprint density at radius 3 is 2.91 bits per heavy atom. The van der Waals surface area contributed by atoms with Crippen LogP contribution >= 0.6 is 0 Å². The van der Waals surface area contributed by atoms with Gasteiger partial charge in [0.05, 0.1) is 12.2 Å². The first-order valence-electron chi connectivity index (χ1n) is 7.57. The van der Waals surface area contributed by atoms with Gasteiger partial charge in [-0.05, 0) is 24.6 Å². The second-order valence-electron chi connectivity index (χ2n) is 5.25. The van der Waals surface area contributed by atoms with Crippen molar-refractivity contribution in [2.45, 2.75) is 26.0 Å². The zero-order valence-electron chi connectivity index (χ0n) is 12.5. The van der Waals surface area contributed by atoms with Crippen molar-refractivity contribution in [2.24, 2.45) is 0 Å². The van der Waals surface area contributed by atoms with E-state index in [-0.39, 0.29) is 5.97 Å². The van der Waals surface area contributed by atoms with Crippen LogP contribution in [0.3, 0.4) is 0 Å². The fourth-order valence-corrected chi connectivity index (χ4v) is 2.41. The highest BCUT2D eigenvalue weighted by Crippen LogP contribution is 2.32. The number of hydrogen-bond donors (Lipinski definition) is 1. The van der Waals surface area contributed by atoms with E-state index in [0.717, 1.165) is 29.8 Å². The number of rotatable bonds is 6. The normalized spacial score (nSPS) is 16.0. The van der Waals surface area contributed by atoms with Gasteiger partial charge in [0.2, 0.25) is 6.23 Å². The molecule has 0 spiro atoms. The Balaban J connectivity index is 1.72. The van der Waals surface area contributed by atoms with Gasteiger partial charge in [-0.3, -0.25) is 0 Å². The summed E-state index contributed by atoms with van der Waals surface area (Å²) in [6.07, 6.45) is 1.69. The van der Waals surface area contributed by atoms with Gasteiger partial charge in [-0.1, -0.05) is 37.6 Å². The van der Waals surface area contributed by atoms with Gasteiger partial charge < -0.3 is 14.8 Å². The van der Waals surface area contributed by atoms with E-state index >= 15 is 0 Å². The molecule has 2 aromatic rings. The van der Waals surface area contributed by atoms with Crippen molar-refractivity contribution in [2.75, 3.05) is 11.9 Å². The van der Waals surface area contributed by atoms with Gasteiger partial charge in [0.15, 0.2) is 0 Å². The van der Waals surface area contributed by atoms with Crippen LogP contribution in [-0.4, -0.2) is 12.6 Å². The number of ether oxygens (including phenoxy) is 2. The summed E-state index contributed by atoms with van der Waals surface area (Å²) in [6, 6.07) is 15.1. The van der Waals surface area contributed by atoms with E-state index in [9.17, 15) is 4.79 Å². The predicted molar refractivity (Wildman–Crippen MR) is 85.1 cm³/mol. The zero-order valence-corrected chi connectivity index (χ0v) is 12.5. The zero-order chi connectivity index (χ0) is 15.4. The van der Waals surface area contributed by atoms with Gasteiger partial charge in [0, 0.05) is 17.3 Å². The van der Waals surface area contributed by atoms with Crippen LogP contribution in [0, 0.1) is 0 Å². The molecule has 4 heteroatoms. The van der Waals surface area contributed by atoms with Crippen LogP contribution in [0.15, 0.2) is 48.5 Å². The Morgan fingerprint density at radius 1 is 1.18 bits per heavy atom. The minimum Gasteiger partial charge on any atom is -0.494 e. The number of unbranched alkanes of at least 4 members (excludes halogenated alkanes) is 1. The van der Waals surface area contributed by atoms with Crippen molar-refractivity contribution in [3.8, 4) is 5.75 Å². The molecular formula is C18H19NO3. The fourth-order valence-electron chi connectivity index (χ4n) is 2.41. The summed E-state index contributed by atoms with van der Waals surface area (Å²) in [7, 11) is 0. The standard InChI is InChI=1S/C18H19NO3/c1-2-3-11-21-14-8-6-7-13(12-14)19-17-15-9-4-5-10-16(15)18(20)22-17/h4-10,12,17,19H,2-3,11H2,1H3/t17-/m0/s1. The number of fused-ring (bicyclic) bond motifs is 1. The van der Waals surface area contributed by atoms with Crippen molar-refractivity contribution in [3.05, 3.63) is 59.7 Å². The monoisotopic (exact) mass is 297 g/mol. The second-order valence-corrected chi connectivity index (χ2v) is 5.25. The lowest BCUT2D eigenvalue weighted by Gasteiger charge is -2.15. The van der Waals surface area contributed by atoms with E-state index in [0.29, 0.717) is 12.2 Å². The largest absolute Gasteiger partial charge is 0.494 e. The molecule has 1 aliphatic rings. The molecule has 0 bridgehead atoms. The maximum absolute atomic E-state index is 11.8. The maximum Gasteiger partial charge on any atom is 0.340 e. The molecule has 0 amide bonds. The number of benzene rings is 2. The average molecular weight is 297 g/mol. The molecule has 1 aliphatic heterocycles. The molecule has 0 saturated carbocycles. The molecule has 114 valence electrons. The summed E-state index contributed by atoms with van der Waals surface area (Å²) in [4.78, 5) is 11.8. The quantitative estimate of drug-likeness (QED) is 0.643. The lowest BCUT2D eigenvalue weighted by atomic mass is 10.1. The van der Waals surface area contributed by atoms with E-state index in [1.165, 1.54) is 0 Å². The maximum atomic E-state index is 11.8. The highest BCUT2D eigenvalue weighted by Gasteiger charge is 2.30. The third kappa shape index (κ3) is 3.06. The van der Waals surface area contributed by atoms with E-state index < -0.39 is 6.23 Å². The Bertz CT molecular complexity index is 669. The number of carbonyl (C=O) groups excluding carboxylic acids is 1. The van der Waals surface area contributed by atoms with Crippen LogP contribution in [0.5, 0.6) is 5.75 Å². The first-order chi connectivity index (χ1) is 10.8. The minimum absolute atomic E-state index is 0.288. The molecule has 0 unspecified atom stereocenters. The van der Waals surface area contributed by atoms with Crippen molar-refractivity contribution in [3.63, 3.8) is 0 Å². The summed E-state index contributed by atoms with van der Waals surface area (Å²) in [5.41, 5.74) is 2.35. The molecule has 4 nitrogen and oxygen atoms in total. The van der Waals surface area contributed by atoms with Gasteiger partial charge in [-0.2, -0.15) is 0 Å². The van der Waals surface area contributed by atoms with Crippen molar-refractivity contribution >= 4 is 11.7 Å². The number of esters is 1. The number of nitrogens with one attached hydrogen (secondary N) is 1. The highest BCUT2D eigenvalue weighted by molar-refractivity contribution is 5.94. The van der Waals surface area contributed by atoms with E-state index in [4.69, 9.17) is 9.47 Å². The second kappa shape index (κ2) is 6.52. The topological polar surface area (TPSA) is 47.6 Å². The summed E-state index contributed by atoms with van der Waals surface area (Å²) in [5, 5.41) is 3.24. The summed E-state index contributed by atoms with van der Waals surface area (Å²) in [5.74, 6) is 0.527. The Morgan fingerprint density at radius 2 is 2.05 bits per heavy atom. The smallest absolute Gasteiger partial charge is 0.340 e. The predicted octanol–water partition coefficient (Wildman–Crippen LogP) is 4.15. The van der Waals surface area contributed by atoms with E-state index in [2.05, 4.69) is 12.2 Å². The van der Waals surface area contributed by atoms with Gasteiger partial charge >= 0.3 is 5.97 Å². The number of anilines is 1. The van der Waals surface area contributed by atoms with Crippen LogP contribution in [0.4, 0.5) is 5.69 Å². The van der Waals surface area contributed by atoms with Crippen LogP contribution in [0.2, 0.25) is 0 Å². The van der Waals surface area contributed by atoms with E-state index in [1.807, 2.05) is 42.5 Å². The van der Waals surface area contributed by atoms with Crippen molar-refractivity contribution in [1.82, 2.24) is 0 Å². The van der Waals surface area contributed by atoms with Crippen LogP contribution < -0.4 is 10.1 Å².